The smallest absolute Gasteiger partial charge is 0.258 e. The van der Waals surface area contributed by atoms with Gasteiger partial charge in [0.1, 0.15) is 11.9 Å². The van der Waals surface area contributed by atoms with Crippen molar-refractivity contribution in [1.82, 2.24) is 14.8 Å². The molecule has 0 spiro atoms. The number of hydrogen-bond donors (Lipinski definition) is 2. The lowest BCUT2D eigenvalue weighted by atomic mass is 10.1. The van der Waals surface area contributed by atoms with Crippen LogP contribution in [0.3, 0.4) is 0 Å². The van der Waals surface area contributed by atoms with E-state index in [0.29, 0.717) is 11.5 Å². The fraction of sp³-hybridized carbons (Fsp3) is 0.105. The number of nitrogens with one attached hydrogen (secondary N) is 2. The zero-order chi connectivity index (χ0) is 18.1. The van der Waals surface area contributed by atoms with Crippen molar-refractivity contribution in [2.24, 2.45) is 0 Å². The Hall–Kier alpha value is -3.48. The molecule has 1 amide bonds. The van der Waals surface area contributed by atoms with Gasteiger partial charge < -0.3 is 5.32 Å². The van der Waals surface area contributed by atoms with Gasteiger partial charge in [0.25, 0.3) is 11.9 Å². The molecule has 2 N–H and O–H groups in total. The molecule has 1 aromatic heterocycles. The molecule has 26 heavy (non-hydrogen) atoms. The number of allylic oxidation sites excluding steroid dienone is 2. The van der Waals surface area contributed by atoms with Crippen molar-refractivity contribution in [3.05, 3.63) is 83.3 Å². The second-order valence-corrected chi connectivity index (χ2v) is 5.99. The van der Waals surface area contributed by atoms with Crippen molar-refractivity contribution in [3.8, 4) is 0 Å². The zero-order valence-electron chi connectivity index (χ0n) is 14.0. The first-order chi connectivity index (χ1) is 12.6. The minimum absolute atomic E-state index is 0.114. The molecule has 4 rings (SSSR count). The third kappa shape index (κ3) is 3.06. The largest absolute Gasteiger partial charge is 0.329 e. The second kappa shape index (κ2) is 6.44. The molecule has 0 radical (unpaired) electrons. The Balaban J connectivity index is 1.62. The Morgan fingerprint density at radius 2 is 1.88 bits per heavy atom. The van der Waals surface area contributed by atoms with Crippen LogP contribution in [-0.2, 0) is 0 Å². The zero-order valence-corrected chi connectivity index (χ0v) is 14.0. The van der Waals surface area contributed by atoms with E-state index < -0.39 is 11.7 Å². The van der Waals surface area contributed by atoms with Crippen LogP contribution >= 0.6 is 0 Å². The van der Waals surface area contributed by atoms with Gasteiger partial charge in [0.05, 0.1) is 0 Å². The van der Waals surface area contributed by atoms with Crippen molar-refractivity contribution >= 4 is 17.8 Å². The van der Waals surface area contributed by atoms with Crippen LogP contribution in [0.1, 0.15) is 28.9 Å². The van der Waals surface area contributed by atoms with Crippen molar-refractivity contribution in [2.45, 2.75) is 13.0 Å². The summed E-state index contributed by atoms with van der Waals surface area (Å²) in [5.74, 6) is -0.0541. The molecule has 2 aromatic carbocycles. The Kier molecular flexibility index (Phi) is 3.96. The minimum Gasteiger partial charge on any atom is -0.329 e. The Morgan fingerprint density at radius 3 is 2.62 bits per heavy atom. The second-order valence-electron chi connectivity index (χ2n) is 5.99. The van der Waals surface area contributed by atoms with Gasteiger partial charge in [0.2, 0.25) is 5.95 Å². The average Bonchev–Trinajstić information content (AvgIpc) is 3.04. The highest BCUT2D eigenvalue weighted by molar-refractivity contribution is 6.03. The molecule has 2 heterocycles. The standard InChI is InChI=1S/C19H16FN5O/c1-12-11-16(13-5-3-2-4-6-13)25-19(21-12)23-18(24-25)22-17(26)14-7-9-15(20)10-8-14/h2-11,16H,1H3,(H2,21,22,23,24,26)/t16-/m1/s1. The van der Waals surface area contributed by atoms with Gasteiger partial charge in [-0.3, -0.25) is 10.1 Å². The fourth-order valence-corrected chi connectivity index (χ4v) is 2.84. The summed E-state index contributed by atoms with van der Waals surface area (Å²) in [4.78, 5) is 16.7. The lowest BCUT2D eigenvalue weighted by Crippen LogP contribution is -2.19. The molecule has 3 aromatic rings. The van der Waals surface area contributed by atoms with E-state index >= 15 is 0 Å². The third-order valence-corrected chi connectivity index (χ3v) is 4.08. The first-order valence-electron chi connectivity index (χ1n) is 8.14. The molecule has 1 atom stereocenters. The number of amides is 1. The molecule has 0 saturated carbocycles. The number of carbonyl (C=O) groups is 1. The summed E-state index contributed by atoms with van der Waals surface area (Å²) >= 11 is 0. The van der Waals surface area contributed by atoms with Crippen molar-refractivity contribution in [3.63, 3.8) is 0 Å². The summed E-state index contributed by atoms with van der Waals surface area (Å²) in [6, 6.07) is 15.1. The lowest BCUT2D eigenvalue weighted by Gasteiger charge is -2.22. The molecule has 130 valence electrons. The lowest BCUT2D eigenvalue weighted by molar-refractivity contribution is 0.102. The summed E-state index contributed by atoms with van der Waals surface area (Å²) in [7, 11) is 0. The monoisotopic (exact) mass is 349 g/mol. The number of halogens is 1. The number of hydrogen-bond acceptors (Lipinski definition) is 4. The quantitative estimate of drug-likeness (QED) is 0.758. The predicted octanol–water partition coefficient (Wildman–Crippen LogP) is 3.59. The first kappa shape index (κ1) is 16.0. The van der Waals surface area contributed by atoms with Crippen LogP contribution in [0.5, 0.6) is 0 Å². The molecule has 0 saturated heterocycles. The highest BCUT2D eigenvalue weighted by Crippen LogP contribution is 2.29. The van der Waals surface area contributed by atoms with Gasteiger partial charge in [-0.2, -0.15) is 4.98 Å². The summed E-state index contributed by atoms with van der Waals surface area (Å²) < 4.78 is 14.7. The normalized spacial score (nSPS) is 15.6. The SMILES string of the molecule is CC1=C[C@H](c2ccccc2)n2nc(NC(=O)c3ccc(F)cc3)nc2N1. The van der Waals surface area contributed by atoms with E-state index in [2.05, 4.69) is 20.7 Å². The average molecular weight is 349 g/mol. The number of carbonyl (C=O) groups excluding carboxylic acids is 1. The van der Waals surface area contributed by atoms with Crippen molar-refractivity contribution in [1.29, 1.82) is 0 Å². The van der Waals surface area contributed by atoms with E-state index in [0.717, 1.165) is 11.3 Å². The van der Waals surface area contributed by atoms with Crippen LogP contribution in [0, 0.1) is 5.82 Å². The Morgan fingerprint density at radius 1 is 1.15 bits per heavy atom. The van der Waals surface area contributed by atoms with E-state index in [1.807, 2.05) is 43.3 Å². The number of nitrogens with zero attached hydrogens (tertiary/aromatic N) is 3. The maximum atomic E-state index is 13.0. The third-order valence-electron chi connectivity index (χ3n) is 4.08. The maximum absolute atomic E-state index is 13.0. The summed E-state index contributed by atoms with van der Waals surface area (Å²) in [6.07, 6.45) is 2.04. The molecule has 1 aliphatic heterocycles. The molecule has 0 unspecified atom stereocenters. The van der Waals surface area contributed by atoms with Gasteiger partial charge in [-0.05, 0) is 42.8 Å². The van der Waals surface area contributed by atoms with Gasteiger partial charge in [-0.15, -0.1) is 5.10 Å². The van der Waals surface area contributed by atoms with Crippen LogP contribution < -0.4 is 10.6 Å². The molecule has 6 nitrogen and oxygen atoms in total. The van der Waals surface area contributed by atoms with E-state index in [9.17, 15) is 9.18 Å². The molecule has 0 aliphatic carbocycles. The fourth-order valence-electron chi connectivity index (χ4n) is 2.84. The summed E-state index contributed by atoms with van der Waals surface area (Å²) in [5.41, 5.74) is 2.35. The predicted molar refractivity (Wildman–Crippen MR) is 96.3 cm³/mol. The van der Waals surface area contributed by atoms with E-state index in [4.69, 9.17) is 0 Å². The Bertz CT molecular complexity index is 979. The first-order valence-corrected chi connectivity index (χ1v) is 8.14. The summed E-state index contributed by atoms with van der Waals surface area (Å²) in [6.45, 7) is 1.95. The van der Waals surface area contributed by atoms with E-state index in [1.54, 1.807) is 4.68 Å². The van der Waals surface area contributed by atoms with E-state index in [-0.39, 0.29) is 12.0 Å². The highest BCUT2D eigenvalue weighted by Gasteiger charge is 2.23. The molecule has 7 heteroatoms. The maximum Gasteiger partial charge on any atom is 0.258 e. The van der Waals surface area contributed by atoms with Crippen LogP contribution in [0.2, 0.25) is 0 Å². The van der Waals surface area contributed by atoms with Crippen LogP contribution in [0.4, 0.5) is 16.3 Å². The highest BCUT2D eigenvalue weighted by atomic mass is 19.1. The molecular formula is C19H16FN5O. The van der Waals surface area contributed by atoms with Crippen LogP contribution in [0.15, 0.2) is 66.4 Å². The number of rotatable bonds is 3. The minimum atomic E-state index is -0.395. The van der Waals surface area contributed by atoms with Crippen LogP contribution in [-0.4, -0.2) is 20.7 Å². The van der Waals surface area contributed by atoms with Gasteiger partial charge in [-0.25, -0.2) is 9.07 Å². The Labute approximate surface area is 149 Å². The van der Waals surface area contributed by atoms with Gasteiger partial charge in [-0.1, -0.05) is 30.3 Å². The van der Waals surface area contributed by atoms with Gasteiger partial charge >= 0.3 is 0 Å². The molecule has 0 bridgehead atoms. The van der Waals surface area contributed by atoms with E-state index in [1.165, 1.54) is 24.3 Å². The number of aromatic nitrogens is 3. The van der Waals surface area contributed by atoms with Gasteiger partial charge in [0, 0.05) is 11.3 Å². The number of benzene rings is 2. The summed E-state index contributed by atoms with van der Waals surface area (Å²) in [5, 5.41) is 10.2. The molecule has 0 fully saturated rings. The van der Waals surface area contributed by atoms with Crippen LogP contribution in [0.25, 0.3) is 0 Å². The van der Waals surface area contributed by atoms with Crippen molar-refractivity contribution < 1.29 is 9.18 Å². The molecular weight excluding hydrogens is 333 g/mol. The van der Waals surface area contributed by atoms with Gasteiger partial charge in [0.15, 0.2) is 0 Å². The number of fused-ring (bicyclic) bond motifs is 1. The van der Waals surface area contributed by atoms with Crippen molar-refractivity contribution in [2.75, 3.05) is 10.6 Å². The molecule has 1 aliphatic rings. The topological polar surface area (TPSA) is 71.8 Å². The number of anilines is 2.